The Balaban J connectivity index is 1.45. The van der Waals surface area contributed by atoms with Crippen LogP contribution in [-0.4, -0.2) is 44.1 Å². The van der Waals surface area contributed by atoms with Crippen LogP contribution in [0.5, 0.6) is 0 Å². The average Bonchev–Trinajstić information content (AvgIpc) is 3.12. The molecular formula is C21H32N4O. The number of aliphatic imine (C=N–C) groups is 1. The monoisotopic (exact) mass is 356 g/mol. The number of hydrogen-bond acceptors (Lipinski definition) is 3. The number of piperidine rings is 1. The zero-order valence-corrected chi connectivity index (χ0v) is 16.3. The topological polar surface area (TPSA) is 52.8 Å². The van der Waals surface area contributed by atoms with Crippen molar-refractivity contribution in [2.24, 2.45) is 10.9 Å². The summed E-state index contributed by atoms with van der Waals surface area (Å²) in [4.78, 5) is 6.90. The lowest BCUT2D eigenvalue weighted by molar-refractivity contribution is 0.187. The Morgan fingerprint density at radius 1 is 1.31 bits per heavy atom. The summed E-state index contributed by atoms with van der Waals surface area (Å²) in [5, 5.41) is 8.03. The molecule has 1 unspecified atom stereocenters. The molecule has 0 aliphatic carbocycles. The number of likely N-dealkylation sites (tertiary alicyclic amines) is 1. The number of nitrogens with zero attached hydrogens (tertiary/aromatic N) is 2. The van der Waals surface area contributed by atoms with Gasteiger partial charge in [0.2, 0.25) is 0 Å². The molecule has 0 spiro atoms. The molecule has 1 saturated heterocycles. The fourth-order valence-corrected chi connectivity index (χ4v) is 3.67. The first kappa shape index (κ1) is 18.8. The smallest absolute Gasteiger partial charge is 0.191 e. The van der Waals surface area contributed by atoms with Crippen molar-refractivity contribution in [2.75, 3.05) is 33.2 Å². The van der Waals surface area contributed by atoms with Crippen molar-refractivity contribution in [2.45, 2.75) is 39.2 Å². The van der Waals surface area contributed by atoms with Crippen LogP contribution in [0.15, 0.2) is 39.7 Å². The van der Waals surface area contributed by atoms with Gasteiger partial charge in [-0.3, -0.25) is 4.99 Å². The quantitative estimate of drug-likeness (QED) is 0.611. The van der Waals surface area contributed by atoms with Gasteiger partial charge in [-0.1, -0.05) is 25.1 Å². The predicted molar refractivity (Wildman–Crippen MR) is 109 cm³/mol. The van der Waals surface area contributed by atoms with Crippen molar-refractivity contribution >= 4 is 16.9 Å². The third-order valence-corrected chi connectivity index (χ3v) is 5.45. The van der Waals surface area contributed by atoms with E-state index >= 15 is 0 Å². The molecule has 142 valence electrons. The van der Waals surface area contributed by atoms with E-state index in [4.69, 9.17) is 4.42 Å². The Kier molecular flexibility index (Phi) is 6.56. The minimum absolute atomic E-state index is 0.0707. The maximum absolute atomic E-state index is 5.95. The van der Waals surface area contributed by atoms with Crippen molar-refractivity contribution in [1.82, 2.24) is 15.5 Å². The van der Waals surface area contributed by atoms with Crippen LogP contribution in [0.25, 0.3) is 11.0 Å². The van der Waals surface area contributed by atoms with E-state index in [0.29, 0.717) is 0 Å². The van der Waals surface area contributed by atoms with Crippen LogP contribution < -0.4 is 10.6 Å². The Bertz CT molecular complexity index is 683. The molecule has 0 bridgehead atoms. The summed E-state index contributed by atoms with van der Waals surface area (Å²) < 4.78 is 5.95. The average molecular weight is 357 g/mol. The number of guanidine groups is 1. The number of hydrogen-bond donors (Lipinski definition) is 2. The van der Waals surface area contributed by atoms with Crippen LogP contribution in [0.1, 0.15) is 44.9 Å². The number of benzene rings is 1. The highest BCUT2D eigenvalue weighted by Crippen LogP contribution is 2.23. The molecule has 1 aromatic carbocycles. The summed E-state index contributed by atoms with van der Waals surface area (Å²) in [6.45, 7) is 8.99. The fourth-order valence-electron chi connectivity index (χ4n) is 3.67. The summed E-state index contributed by atoms with van der Waals surface area (Å²) in [7, 11) is 1.82. The lowest BCUT2D eigenvalue weighted by atomic mass is 9.93. The van der Waals surface area contributed by atoms with Crippen LogP contribution in [-0.2, 0) is 0 Å². The van der Waals surface area contributed by atoms with Crippen LogP contribution in [0.3, 0.4) is 0 Å². The summed E-state index contributed by atoms with van der Waals surface area (Å²) in [5.41, 5.74) is 0.928. The zero-order chi connectivity index (χ0) is 18.4. The molecule has 2 aromatic rings. The highest BCUT2D eigenvalue weighted by Gasteiger charge is 2.18. The first-order valence-corrected chi connectivity index (χ1v) is 9.87. The second kappa shape index (κ2) is 9.08. The van der Waals surface area contributed by atoms with Gasteiger partial charge >= 0.3 is 0 Å². The Labute approximate surface area is 156 Å². The summed E-state index contributed by atoms with van der Waals surface area (Å²) in [6.07, 6.45) is 3.84. The molecule has 1 aromatic heterocycles. The van der Waals surface area contributed by atoms with E-state index in [1.54, 1.807) is 0 Å². The van der Waals surface area contributed by atoms with Crippen molar-refractivity contribution < 1.29 is 4.42 Å². The van der Waals surface area contributed by atoms with E-state index in [2.05, 4.69) is 46.5 Å². The van der Waals surface area contributed by atoms with E-state index in [9.17, 15) is 0 Å². The van der Waals surface area contributed by atoms with E-state index in [1.807, 2.05) is 25.2 Å². The van der Waals surface area contributed by atoms with Crippen molar-refractivity contribution in [3.8, 4) is 0 Å². The van der Waals surface area contributed by atoms with E-state index in [0.717, 1.165) is 35.2 Å². The molecule has 1 aliphatic rings. The minimum atomic E-state index is 0.0707. The molecular weight excluding hydrogens is 324 g/mol. The number of para-hydroxylation sites is 1. The van der Waals surface area contributed by atoms with Gasteiger partial charge < -0.3 is 20.0 Å². The highest BCUT2D eigenvalue weighted by atomic mass is 16.3. The van der Waals surface area contributed by atoms with Crippen LogP contribution in [0, 0.1) is 5.92 Å². The molecule has 26 heavy (non-hydrogen) atoms. The van der Waals surface area contributed by atoms with Crippen LogP contribution in [0.2, 0.25) is 0 Å². The predicted octanol–water partition coefficient (Wildman–Crippen LogP) is 3.78. The molecule has 0 radical (unpaired) electrons. The number of fused-ring (bicyclic) bond motifs is 1. The molecule has 2 N–H and O–H groups in total. The lowest BCUT2D eigenvalue weighted by Crippen LogP contribution is -2.40. The molecule has 0 saturated carbocycles. The summed E-state index contributed by atoms with van der Waals surface area (Å²) in [5.74, 6) is 2.60. The molecule has 3 rings (SSSR count). The molecule has 1 aliphatic heterocycles. The first-order chi connectivity index (χ1) is 12.7. The first-order valence-electron chi connectivity index (χ1n) is 9.87. The maximum atomic E-state index is 5.95. The fraction of sp³-hybridized carbons (Fsp3) is 0.571. The molecule has 5 nitrogen and oxygen atoms in total. The van der Waals surface area contributed by atoms with E-state index in [1.165, 1.54) is 38.9 Å². The van der Waals surface area contributed by atoms with E-state index in [-0.39, 0.29) is 6.04 Å². The third-order valence-electron chi connectivity index (χ3n) is 5.45. The Morgan fingerprint density at radius 2 is 2.08 bits per heavy atom. The molecule has 1 fully saturated rings. The Hall–Kier alpha value is -2.01. The van der Waals surface area contributed by atoms with Crippen molar-refractivity contribution in [3.63, 3.8) is 0 Å². The number of rotatable bonds is 6. The number of nitrogens with one attached hydrogen (secondary N) is 2. The van der Waals surface area contributed by atoms with Gasteiger partial charge in [0.05, 0.1) is 6.04 Å². The lowest BCUT2D eigenvalue weighted by Gasteiger charge is -2.31. The van der Waals surface area contributed by atoms with Crippen molar-refractivity contribution in [3.05, 3.63) is 36.1 Å². The zero-order valence-electron chi connectivity index (χ0n) is 16.3. The summed E-state index contributed by atoms with van der Waals surface area (Å²) >= 11 is 0. The van der Waals surface area contributed by atoms with Gasteiger partial charge in [0, 0.05) is 19.0 Å². The maximum Gasteiger partial charge on any atom is 0.191 e. The van der Waals surface area contributed by atoms with E-state index < -0.39 is 0 Å². The minimum Gasteiger partial charge on any atom is -0.459 e. The Morgan fingerprint density at radius 3 is 2.77 bits per heavy atom. The molecule has 2 heterocycles. The largest absolute Gasteiger partial charge is 0.459 e. The molecule has 1 atom stereocenters. The second-order valence-electron chi connectivity index (χ2n) is 7.22. The number of furan rings is 1. The standard InChI is InChI=1S/C21H32N4O/c1-4-25-13-10-17(11-14-25)9-12-23-21(22-3)24-16(2)20-15-18-7-5-6-8-19(18)26-20/h5-8,15-17H,4,9-14H2,1-3H3,(H2,22,23,24). The highest BCUT2D eigenvalue weighted by molar-refractivity contribution is 5.81. The van der Waals surface area contributed by atoms with Gasteiger partial charge in [0.1, 0.15) is 11.3 Å². The van der Waals surface area contributed by atoms with Crippen LogP contribution >= 0.6 is 0 Å². The molecule has 5 heteroatoms. The third kappa shape index (κ3) is 4.79. The van der Waals surface area contributed by atoms with Crippen LogP contribution in [0.4, 0.5) is 0 Å². The van der Waals surface area contributed by atoms with Gasteiger partial charge in [0.25, 0.3) is 0 Å². The van der Waals surface area contributed by atoms with Gasteiger partial charge in [-0.25, -0.2) is 0 Å². The van der Waals surface area contributed by atoms with Gasteiger partial charge in [-0.2, -0.15) is 0 Å². The second-order valence-corrected chi connectivity index (χ2v) is 7.22. The SMILES string of the molecule is CCN1CCC(CCNC(=NC)NC(C)c2cc3ccccc3o2)CC1. The summed E-state index contributed by atoms with van der Waals surface area (Å²) in [6, 6.07) is 10.3. The normalized spacial score (nSPS) is 18.2. The van der Waals surface area contributed by atoms with Crippen molar-refractivity contribution in [1.29, 1.82) is 0 Å². The van der Waals surface area contributed by atoms with Gasteiger partial charge in [-0.15, -0.1) is 0 Å². The van der Waals surface area contributed by atoms with Gasteiger partial charge in [0.15, 0.2) is 5.96 Å². The van der Waals surface area contributed by atoms with Gasteiger partial charge in [-0.05, 0) is 63.9 Å². The molecule has 0 amide bonds.